The van der Waals surface area contributed by atoms with Gasteiger partial charge >= 0.3 is 0 Å². The normalized spacial score (nSPS) is 11.1. The number of benzene rings is 5. The predicted molar refractivity (Wildman–Crippen MR) is 121 cm³/mol. The van der Waals surface area contributed by atoms with Crippen molar-refractivity contribution < 1.29 is 0 Å². The van der Waals surface area contributed by atoms with Gasteiger partial charge < -0.3 is 11.5 Å². The Bertz CT molecular complexity index is 1340. The van der Waals surface area contributed by atoms with E-state index in [4.69, 9.17) is 11.5 Å². The van der Waals surface area contributed by atoms with Gasteiger partial charge in [0.1, 0.15) is 0 Å². The summed E-state index contributed by atoms with van der Waals surface area (Å²) in [4.78, 5) is 0. The first-order valence-electron chi connectivity index (χ1n) is 9.36. The van der Waals surface area contributed by atoms with Crippen LogP contribution in [0.1, 0.15) is 0 Å². The lowest BCUT2D eigenvalue weighted by molar-refractivity contribution is 1.60. The van der Waals surface area contributed by atoms with Crippen LogP contribution < -0.4 is 11.5 Å². The molecule has 2 nitrogen and oxygen atoms in total. The summed E-state index contributed by atoms with van der Waals surface area (Å²) in [5.41, 5.74) is 18.1. The third kappa shape index (κ3) is 2.76. The van der Waals surface area contributed by atoms with E-state index in [-0.39, 0.29) is 0 Å². The third-order valence-electron chi connectivity index (χ3n) is 5.36. The van der Waals surface area contributed by atoms with Crippen molar-refractivity contribution in [3.05, 3.63) is 97.1 Å². The Labute approximate surface area is 164 Å². The maximum Gasteiger partial charge on any atom is 0.0627 e. The summed E-state index contributed by atoms with van der Waals surface area (Å²) in [7, 11) is 0. The highest BCUT2D eigenvalue weighted by atomic mass is 14.7. The molecule has 5 aromatic carbocycles. The molecule has 0 radical (unpaired) electrons. The van der Waals surface area contributed by atoms with Gasteiger partial charge in [0, 0.05) is 5.56 Å². The number of hydrogen-bond donors (Lipinski definition) is 2. The number of rotatable bonds is 2. The molecule has 0 spiro atoms. The van der Waals surface area contributed by atoms with Crippen LogP contribution in [-0.4, -0.2) is 0 Å². The second kappa shape index (κ2) is 6.43. The van der Waals surface area contributed by atoms with Crippen molar-refractivity contribution in [3.63, 3.8) is 0 Å². The standard InChI is InChI=1S/C26H20N2/c27-25-16-23(21-11-9-17-5-1-3-7-19(17)13-21)15-24(26(25)28)22-12-10-18-6-2-4-8-20(18)14-22/h1-16H,27-28H2. The Morgan fingerprint density at radius 1 is 0.429 bits per heavy atom. The van der Waals surface area contributed by atoms with Gasteiger partial charge in [0.15, 0.2) is 0 Å². The topological polar surface area (TPSA) is 52.0 Å². The molecule has 0 aliphatic heterocycles. The minimum atomic E-state index is 0.605. The minimum Gasteiger partial charge on any atom is -0.397 e. The summed E-state index contributed by atoms with van der Waals surface area (Å²) in [5.74, 6) is 0. The van der Waals surface area contributed by atoms with Crippen molar-refractivity contribution in [3.8, 4) is 22.3 Å². The molecule has 0 heterocycles. The van der Waals surface area contributed by atoms with Crippen molar-refractivity contribution in [2.45, 2.75) is 0 Å². The van der Waals surface area contributed by atoms with E-state index in [0.717, 1.165) is 22.3 Å². The SMILES string of the molecule is Nc1cc(-c2ccc3ccccc3c2)cc(-c2ccc3ccccc3c2)c1N. The zero-order valence-electron chi connectivity index (χ0n) is 15.4. The lowest BCUT2D eigenvalue weighted by Crippen LogP contribution is -1.98. The quantitative estimate of drug-likeness (QED) is 0.353. The van der Waals surface area contributed by atoms with E-state index in [1.807, 2.05) is 6.07 Å². The fourth-order valence-electron chi connectivity index (χ4n) is 3.81. The number of hydrogen-bond acceptors (Lipinski definition) is 2. The molecule has 0 saturated carbocycles. The largest absolute Gasteiger partial charge is 0.397 e. The van der Waals surface area contributed by atoms with Gasteiger partial charge in [0.2, 0.25) is 0 Å². The van der Waals surface area contributed by atoms with Crippen molar-refractivity contribution in [1.29, 1.82) is 0 Å². The Kier molecular flexibility index (Phi) is 3.77. The summed E-state index contributed by atoms with van der Waals surface area (Å²) in [6.45, 7) is 0. The zero-order chi connectivity index (χ0) is 19.1. The summed E-state index contributed by atoms with van der Waals surface area (Å²) in [6.07, 6.45) is 0. The Morgan fingerprint density at radius 3 is 1.61 bits per heavy atom. The van der Waals surface area contributed by atoms with E-state index in [1.54, 1.807) is 0 Å². The van der Waals surface area contributed by atoms with Gasteiger partial charge in [-0.2, -0.15) is 0 Å². The molecule has 0 fully saturated rings. The third-order valence-corrected chi connectivity index (χ3v) is 5.36. The van der Waals surface area contributed by atoms with Crippen LogP contribution in [0.5, 0.6) is 0 Å². The highest BCUT2D eigenvalue weighted by molar-refractivity contribution is 5.95. The van der Waals surface area contributed by atoms with Gasteiger partial charge in [-0.15, -0.1) is 0 Å². The summed E-state index contributed by atoms with van der Waals surface area (Å²) in [5, 5.41) is 4.84. The van der Waals surface area contributed by atoms with Crippen LogP contribution >= 0.6 is 0 Å². The van der Waals surface area contributed by atoms with Crippen molar-refractivity contribution in [1.82, 2.24) is 0 Å². The number of nitrogen functional groups attached to an aromatic ring is 2. The molecule has 2 heteroatoms. The molecular formula is C26H20N2. The van der Waals surface area contributed by atoms with Gasteiger partial charge in [-0.05, 0) is 62.5 Å². The van der Waals surface area contributed by atoms with Gasteiger partial charge in [0.25, 0.3) is 0 Å². The Hall–Kier alpha value is -3.78. The molecule has 0 aliphatic carbocycles. The molecule has 0 aromatic heterocycles. The van der Waals surface area contributed by atoms with Gasteiger partial charge in [-0.25, -0.2) is 0 Å². The van der Waals surface area contributed by atoms with Gasteiger partial charge in [-0.1, -0.05) is 72.8 Å². The molecule has 134 valence electrons. The second-order valence-electron chi connectivity index (χ2n) is 7.15. The van der Waals surface area contributed by atoms with E-state index in [0.29, 0.717) is 11.4 Å². The first kappa shape index (κ1) is 16.4. The van der Waals surface area contributed by atoms with E-state index in [1.165, 1.54) is 21.5 Å². The van der Waals surface area contributed by atoms with Crippen molar-refractivity contribution >= 4 is 32.9 Å². The monoisotopic (exact) mass is 360 g/mol. The molecule has 5 rings (SSSR count). The molecule has 0 amide bonds. The fraction of sp³-hybridized carbons (Fsp3) is 0. The first-order chi connectivity index (χ1) is 13.7. The van der Waals surface area contributed by atoms with E-state index >= 15 is 0 Å². The smallest absolute Gasteiger partial charge is 0.0627 e. The molecule has 4 N–H and O–H groups in total. The van der Waals surface area contributed by atoms with Crippen LogP contribution in [0.4, 0.5) is 11.4 Å². The Morgan fingerprint density at radius 2 is 0.964 bits per heavy atom. The molecular weight excluding hydrogens is 340 g/mol. The van der Waals surface area contributed by atoms with E-state index < -0.39 is 0 Å². The molecule has 0 saturated heterocycles. The summed E-state index contributed by atoms with van der Waals surface area (Å²) >= 11 is 0. The summed E-state index contributed by atoms with van der Waals surface area (Å²) < 4.78 is 0. The highest BCUT2D eigenvalue weighted by Gasteiger charge is 2.11. The van der Waals surface area contributed by atoms with Crippen LogP contribution in [0.25, 0.3) is 43.8 Å². The van der Waals surface area contributed by atoms with Crippen molar-refractivity contribution in [2.75, 3.05) is 11.5 Å². The van der Waals surface area contributed by atoms with Gasteiger partial charge in [0.05, 0.1) is 11.4 Å². The molecule has 0 bridgehead atoms. The number of nitrogens with two attached hydrogens (primary N) is 2. The highest BCUT2D eigenvalue weighted by Crippen LogP contribution is 2.37. The average molecular weight is 360 g/mol. The maximum absolute atomic E-state index is 6.37. The zero-order valence-corrected chi connectivity index (χ0v) is 15.4. The first-order valence-corrected chi connectivity index (χ1v) is 9.36. The summed E-state index contributed by atoms with van der Waals surface area (Å²) in [6, 6.07) is 33.7. The molecule has 28 heavy (non-hydrogen) atoms. The van der Waals surface area contributed by atoms with E-state index in [9.17, 15) is 0 Å². The molecule has 0 unspecified atom stereocenters. The molecule has 0 aliphatic rings. The lowest BCUT2D eigenvalue weighted by atomic mass is 9.94. The van der Waals surface area contributed by atoms with Crippen molar-refractivity contribution in [2.24, 2.45) is 0 Å². The van der Waals surface area contributed by atoms with Crippen LogP contribution in [0, 0.1) is 0 Å². The fourth-order valence-corrected chi connectivity index (χ4v) is 3.81. The Balaban J connectivity index is 1.69. The molecule has 0 atom stereocenters. The average Bonchev–Trinajstić information content (AvgIpc) is 2.75. The second-order valence-corrected chi connectivity index (χ2v) is 7.15. The predicted octanol–water partition coefficient (Wildman–Crippen LogP) is 6.49. The minimum absolute atomic E-state index is 0.605. The number of anilines is 2. The maximum atomic E-state index is 6.37. The van der Waals surface area contributed by atoms with Crippen LogP contribution in [0.3, 0.4) is 0 Å². The van der Waals surface area contributed by atoms with E-state index in [2.05, 4.69) is 91.0 Å². The lowest BCUT2D eigenvalue weighted by Gasteiger charge is -2.13. The van der Waals surface area contributed by atoms with Crippen LogP contribution in [0.15, 0.2) is 97.1 Å². The van der Waals surface area contributed by atoms with Crippen LogP contribution in [-0.2, 0) is 0 Å². The number of fused-ring (bicyclic) bond motifs is 2. The van der Waals surface area contributed by atoms with Crippen LogP contribution in [0.2, 0.25) is 0 Å². The molecule has 5 aromatic rings. The van der Waals surface area contributed by atoms with Gasteiger partial charge in [-0.3, -0.25) is 0 Å².